The van der Waals surface area contributed by atoms with Gasteiger partial charge in [-0.05, 0) is 36.7 Å². The number of aromatic nitrogens is 2. The van der Waals surface area contributed by atoms with Crippen LogP contribution in [0.4, 0.5) is 5.69 Å². The standard InChI is InChI=1S/C14H20N4O2S/c1-3-8-15-11-12-5-4-6-13(10-12)17-21(19,20)14-7-9-16-18(14)2/h4-7,9-10,15,17H,3,8,11H2,1-2H3. The second kappa shape index (κ2) is 6.73. The van der Waals surface area contributed by atoms with E-state index in [0.717, 1.165) is 25.1 Å². The molecule has 0 spiro atoms. The molecule has 0 bridgehead atoms. The van der Waals surface area contributed by atoms with E-state index in [1.807, 2.05) is 18.2 Å². The third-order valence-corrected chi connectivity index (χ3v) is 4.44. The summed E-state index contributed by atoms with van der Waals surface area (Å²) in [4.78, 5) is 0. The SMILES string of the molecule is CCCNCc1cccc(NS(=O)(=O)c2ccnn2C)c1. The molecule has 0 atom stereocenters. The molecule has 0 aliphatic heterocycles. The summed E-state index contributed by atoms with van der Waals surface area (Å²) in [5, 5.41) is 7.30. The van der Waals surface area contributed by atoms with Crippen LogP contribution in [0.1, 0.15) is 18.9 Å². The van der Waals surface area contributed by atoms with Gasteiger partial charge in [0.15, 0.2) is 5.03 Å². The van der Waals surface area contributed by atoms with E-state index < -0.39 is 10.0 Å². The number of aryl methyl sites for hydroxylation is 1. The van der Waals surface area contributed by atoms with E-state index in [0.29, 0.717) is 5.69 Å². The summed E-state index contributed by atoms with van der Waals surface area (Å²) in [5.74, 6) is 0. The molecule has 0 aliphatic carbocycles. The van der Waals surface area contributed by atoms with Crippen molar-refractivity contribution in [3.63, 3.8) is 0 Å². The fourth-order valence-corrected chi connectivity index (χ4v) is 3.16. The summed E-state index contributed by atoms with van der Waals surface area (Å²) >= 11 is 0. The largest absolute Gasteiger partial charge is 0.313 e. The molecule has 2 N–H and O–H groups in total. The minimum Gasteiger partial charge on any atom is -0.313 e. The smallest absolute Gasteiger partial charge is 0.279 e. The van der Waals surface area contributed by atoms with Crippen molar-refractivity contribution in [2.45, 2.75) is 24.9 Å². The summed E-state index contributed by atoms with van der Waals surface area (Å²) in [6, 6.07) is 8.83. The minimum absolute atomic E-state index is 0.136. The molecule has 0 radical (unpaired) electrons. The van der Waals surface area contributed by atoms with Crippen LogP contribution in [0.5, 0.6) is 0 Å². The molecule has 114 valence electrons. The highest BCUT2D eigenvalue weighted by Crippen LogP contribution is 2.16. The maximum Gasteiger partial charge on any atom is 0.279 e. The average Bonchev–Trinajstić information content (AvgIpc) is 2.86. The number of hydrogen-bond donors (Lipinski definition) is 2. The fourth-order valence-electron chi connectivity index (χ4n) is 1.99. The predicted molar refractivity (Wildman–Crippen MR) is 82.5 cm³/mol. The van der Waals surface area contributed by atoms with Gasteiger partial charge in [-0.3, -0.25) is 9.40 Å². The Morgan fingerprint density at radius 2 is 2.10 bits per heavy atom. The highest BCUT2D eigenvalue weighted by Gasteiger charge is 2.17. The summed E-state index contributed by atoms with van der Waals surface area (Å²) in [5.41, 5.74) is 1.58. The second-order valence-electron chi connectivity index (χ2n) is 4.78. The van der Waals surface area contributed by atoms with E-state index in [1.54, 1.807) is 13.1 Å². The summed E-state index contributed by atoms with van der Waals surface area (Å²) in [7, 11) is -2.02. The molecule has 1 aromatic carbocycles. The van der Waals surface area contributed by atoms with Crippen molar-refractivity contribution in [1.82, 2.24) is 15.1 Å². The Balaban J connectivity index is 2.12. The first-order valence-corrected chi connectivity index (χ1v) is 8.31. The molecule has 21 heavy (non-hydrogen) atoms. The van der Waals surface area contributed by atoms with Crippen LogP contribution >= 0.6 is 0 Å². The summed E-state index contributed by atoms with van der Waals surface area (Å²) in [6.07, 6.45) is 2.52. The highest BCUT2D eigenvalue weighted by atomic mass is 32.2. The van der Waals surface area contributed by atoms with Gasteiger partial charge in [-0.2, -0.15) is 13.5 Å². The first kappa shape index (κ1) is 15.5. The highest BCUT2D eigenvalue weighted by molar-refractivity contribution is 7.92. The Morgan fingerprint density at radius 1 is 1.29 bits per heavy atom. The number of rotatable bonds is 7. The van der Waals surface area contributed by atoms with E-state index in [-0.39, 0.29) is 5.03 Å². The molecule has 0 amide bonds. The van der Waals surface area contributed by atoms with Crippen LogP contribution in [0.2, 0.25) is 0 Å². The molecule has 1 aromatic heterocycles. The van der Waals surface area contributed by atoms with Crippen LogP contribution in [-0.4, -0.2) is 24.7 Å². The van der Waals surface area contributed by atoms with Crippen LogP contribution in [0.25, 0.3) is 0 Å². The van der Waals surface area contributed by atoms with Crippen molar-refractivity contribution in [1.29, 1.82) is 0 Å². The van der Waals surface area contributed by atoms with E-state index >= 15 is 0 Å². The molecule has 0 unspecified atom stereocenters. The maximum absolute atomic E-state index is 12.3. The van der Waals surface area contributed by atoms with Crippen molar-refractivity contribution in [3.05, 3.63) is 42.1 Å². The van der Waals surface area contributed by atoms with Gasteiger partial charge in [0.25, 0.3) is 10.0 Å². The Hall–Kier alpha value is -1.86. The van der Waals surface area contributed by atoms with Gasteiger partial charge in [-0.25, -0.2) is 0 Å². The van der Waals surface area contributed by atoms with Gasteiger partial charge in [-0.1, -0.05) is 19.1 Å². The third-order valence-electron chi connectivity index (χ3n) is 2.99. The topological polar surface area (TPSA) is 76.0 Å². The van der Waals surface area contributed by atoms with Crippen LogP contribution < -0.4 is 10.0 Å². The van der Waals surface area contributed by atoms with Gasteiger partial charge < -0.3 is 5.32 Å². The molecule has 2 rings (SSSR count). The van der Waals surface area contributed by atoms with Crippen LogP contribution in [-0.2, 0) is 23.6 Å². The van der Waals surface area contributed by atoms with Gasteiger partial charge in [0, 0.05) is 19.3 Å². The number of nitrogens with one attached hydrogen (secondary N) is 2. The molecule has 2 aromatic rings. The third kappa shape index (κ3) is 4.05. The molecule has 0 saturated heterocycles. The summed E-state index contributed by atoms with van der Waals surface area (Å²) in [6.45, 7) is 3.76. The van der Waals surface area contributed by atoms with Crippen LogP contribution in [0, 0.1) is 0 Å². The van der Waals surface area contributed by atoms with Gasteiger partial charge >= 0.3 is 0 Å². The molecular formula is C14H20N4O2S. The van der Waals surface area contributed by atoms with Gasteiger partial charge in [0.1, 0.15) is 0 Å². The lowest BCUT2D eigenvalue weighted by Gasteiger charge is -2.10. The zero-order valence-corrected chi connectivity index (χ0v) is 13.0. The number of benzene rings is 1. The van der Waals surface area contributed by atoms with Crippen molar-refractivity contribution in [2.75, 3.05) is 11.3 Å². The van der Waals surface area contributed by atoms with Gasteiger partial charge in [0.2, 0.25) is 0 Å². The molecule has 0 aliphatic rings. The quantitative estimate of drug-likeness (QED) is 0.764. The predicted octanol–water partition coefficient (Wildman–Crippen LogP) is 1.72. The number of hydrogen-bond acceptors (Lipinski definition) is 4. The zero-order valence-electron chi connectivity index (χ0n) is 12.2. The van der Waals surface area contributed by atoms with Gasteiger partial charge in [-0.15, -0.1) is 0 Å². The average molecular weight is 308 g/mol. The first-order valence-electron chi connectivity index (χ1n) is 6.83. The normalized spacial score (nSPS) is 11.5. The first-order chi connectivity index (χ1) is 10.0. The lowest BCUT2D eigenvalue weighted by molar-refractivity contribution is 0.582. The van der Waals surface area contributed by atoms with Crippen molar-refractivity contribution in [3.8, 4) is 0 Å². The lowest BCUT2D eigenvalue weighted by Crippen LogP contribution is -2.17. The maximum atomic E-state index is 12.3. The monoisotopic (exact) mass is 308 g/mol. The molecule has 7 heteroatoms. The molecular weight excluding hydrogens is 288 g/mol. The van der Waals surface area contributed by atoms with Crippen molar-refractivity contribution in [2.24, 2.45) is 7.05 Å². The van der Waals surface area contributed by atoms with E-state index in [2.05, 4.69) is 22.1 Å². The minimum atomic E-state index is -3.61. The Bertz CT molecular complexity index is 695. The zero-order chi connectivity index (χ0) is 15.3. The fraction of sp³-hybridized carbons (Fsp3) is 0.357. The number of nitrogens with zero attached hydrogens (tertiary/aromatic N) is 2. The lowest BCUT2D eigenvalue weighted by atomic mass is 10.2. The Morgan fingerprint density at radius 3 is 2.76 bits per heavy atom. The van der Waals surface area contributed by atoms with Crippen LogP contribution in [0.3, 0.4) is 0 Å². The Kier molecular flexibility index (Phi) is 4.98. The van der Waals surface area contributed by atoms with Gasteiger partial charge in [0.05, 0.1) is 6.20 Å². The van der Waals surface area contributed by atoms with E-state index in [1.165, 1.54) is 16.9 Å². The van der Waals surface area contributed by atoms with Crippen molar-refractivity contribution >= 4 is 15.7 Å². The molecule has 1 heterocycles. The number of anilines is 1. The molecule has 6 nitrogen and oxygen atoms in total. The molecule has 0 saturated carbocycles. The number of sulfonamides is 1. The second-order valence-corrected chi connectivity index (χ2v) is 6.40. The van der Waals surface area contributed by atoms with E-state index in [4.69, 9.17) is 0 Å². The molecule has 0 fully saturated rings. The van der Waals surface area contributed by atoms with Crippen molar-refractivity contribution < 1.29 is 8.42 Å². The Labute approximate surface area is 125 Å². The van der Waals surface area contributed by atoms with E-state index in [9.17, 15) is 8.42 Å². The van der Waals surface area contributed by atoms with Crippen LogP contribution in [0.15, 0.2) is 41.6 Å². The summed E-state index contributed by atoms with van der Waals surface area (Å²) < 4.78 is 28.4.